The summed E-state index contributed by atoms with van der Waals surface area (Å²) >= 11 is 0. The van der Waals surface area contributed by atoms with Gasteiger partial charge in [-0.3, -0.25) is 0 Å². The second-order valence-corrected chi connectivity index (χ2v) is 14.7. The maximum absolute atomic E-state index is 6.61. The molecular formula is C24H45NO4Si. The average molecular weight is 440 g/mol. The predicted molar refractivity (Wildman–Crippen MR) is 128 cm³/mol. The molecule has 1 aromatic carbocycles. The highest BCUT2D eigenvalue weighted by Gasteiger charge is 2.39. The van der Waals surface area contributed by atoms with Gasteiger partial charge in [0.1, 0.15) is 12.4 Å². The van der Waals surface area contributed by atoms with E-state index in [9.17, 15) is 0 Å². The molecule has 174 valence electrons. The van der Waals surface area contributed by atoms with Gasteiger partial charge in [0.15, 0.2) is 8.32 Å². The highest BCUT2D eigenvalue weighted by Crippen LogP contribution is 2.37. The molecule has 0 spiro atoms. The number of ether oxygens (including phenoxy) is 3. The summed E-state index contributed by atoms with van der Waals surface area (Å²) in [6.07, 6.45) is 0.266. The van der Waals surface area contributed by atoms with Gasteiger partial charge in [-0.15, -0.1) is 0 Å². The maximum atomic E-state index is 6.61. The van der Waals surface area contributed by atoms with Crippen molar-refractivity contribution in [3.05, 3.63) is 29.8 Å². The maximum Gasteiger partial charge on any atom is 0.192 e. The van der Waals surface area contributed by atoms with E-state index in [-0.39, 0.29) is 17.2 Å². The normalized spacial score (nSPS) is 13.8. The van der Waals surface area contributed by atoms with Crippen molar-refractivity contribution in [1.82, 2.24) is 5.32 Å². The molecule has 0 fully saturated rings. The quantitative estimate of drug-likeness (QED) is 0.311. The Morgan fingerprint density at radius 1 is 0.967 bits per heavy atom. The molecule has 1 unspecified atom stereocenters. The zero-order chi connectivity index (χ0) is 22.8. The third-order valence-corrected chi connectivity index (χ3v) is 9.86. The van der Waals surface area contributed by atoms with Crippen LogP contribution in [0.15, 0.2) is 24.3 Å². The van der Waals surface area contributed by atoms with E-state index in [1.807, 2.05) is 26.0 Å². The molecule has 1 atom stereocenters. The number of benzene rings is 1. The van der Waals surface area contributed by atoms with Gasteiger partial charge in [-0.05, 0) is 49.7 Å². The van der Waals surface area contributed by atoms with Gasteiger partial charge in [-0.2, -0.15) is 0 Å². The average Bonchev–Trinajstić information content (AvgIpc) is 2.63. The van der Waals surface area contributed by atoms with Gasteiger partial charge in [0.25, 0.3) is 0 Å². The molecule has 0 bridgehead atoms. The largest absolute Gasteiger partial charge is 0.491 e. The Balaban J connectivity index is 2.55. The van der Waals surface area contributed by atoms with Crippen molar-refractivity contribution >= 4 is 8.32 Å². The molecule has 0 radical (unpaired) electrons. The number of rotatable bonds is 14. The van der Waals surface area contributed by atoms with Crippen molar-refractivity contribution in [3.63, 3.8) is 0 Å². The fourth-order valence-electron chi connectivity index (χ4n) is 2.50. The molecule has 0 heterocycles. The molecule has 1 N–H and O–H groups in total. The van der Waals surface area contributed by atoms with Crippen molar-refractivity contribution in [2.75, 3.05) is 26.4 Å². The summed E-state index contributed by atoms with van der Waals surface area (Å²) in [5.41, 5.74) is 1.13. The molecule has 0 aliphatic carbocycles. The van der Waals surface area contributed by atoms with Crippen molar-refractivity contribution in [3.8, 4) is 5.75 Å². The minimum absolute atomic E-state index is 0.0252. The van der Waals surface area contributed by atoms with Gasteiger partial charge in [0.05, 0.1) is 32.0 Å². The van der Waals surface area contributed by atoms with Crippen LogP contribution in [0.4, 0.5) is 0 Å². The summed E-state index contributed by atoms with van der Waals surface area (Å²) in [5, 5.41) is 3.67. The van der Waals surface area contributed by atoms with Crippen molar-refractivity contribution in [1.29, 1.82) is 0 Å². The van der Waals surface area contributed by atoms with E-state index in [0.717, 1.165) is 17.9 Å². The molecule has 0 aromatic heterocycles. The Bertz CT molecular complexity index is 582. The fraction of sp³-hybridized carbons (Fsp3) is 0.750. The first-order chi connectivity index (χ1) is 13.9. The Morgan fingerprint density at radius 3 is 2.13 bits per heavy atom. The first-order valence-electron chi connectivity index (χ1n) is 11.2. The van der Waals surface area contributed by atoms with Gasteiger partial charge in [0.2, 0.25) is 0 Å². The van der Waals surface area contributed by atoms with Gasteiger partial charge < -0.3 is 24.0 Å². The first-order valence-corrected chi connectivity index (χ1v) is 14.1. The van der Waals surface area contributed by atoms with Crippen LogP contribution in [0, 0.1) is 0 Å². The van der Waals surface area contributed by atoms with Gasteiger partial charge in [0, 0.05) is 12.6 Å². The Morgan fingerprint density at radius 2 is 1.60 bits per heavy atom. The SMILES string of the molecule is CC(C)NCC(COc1ccc(COCCOC(C)C)cc1)O[Si](C)(C)C(C)(C)C. The minimum Gasteiger partial charge on any atom is -0.491 e. The second-order valence-electron chi connectivity index (χ2n) is 9.99. The van der Waals surface area contributed by atoms with Gasteiger partial charge >= 0.3 is 0 Å². The lowest BCUT2D eigenvalue weighted by Crippen LogP contribution is -2.48. The fourth-order valence-corrected chi connectivity index (χ4v) is 3.84. The van der Waals surface area contributed by atoms with E-state index in [2.05, 4.69) is 65.2 Å². The summed E-state index contributed by atoms with van der Waals surface area (Å²) < 4.78 is 23.8. The highest BCUT2D eigenvalue weighted by atomic mass is 28.4. The Hall–Kier alpha value is -0.923. The second kappa shape index (κ2) is 12.8. The lowest BCUT2D eigenvalue weighted by molar-refractivity contribution is 0.0143. The topological polar surface area (TPSA) is 49.0 Å². The third kappa shape index (κ3) is 10.9. The third-order valence-electron chi connectivity index (χ3n) is 5.33. The number of nitrogens with one attached hydrogen (secondary N) is 1. The van der Waals surface area contributed by atoms with Gasteiger partial charge in [-0.25, -0.2) is 0 Å². The molecule has 1 aromatic rings. The van der Waals surface area contributed by atoms with E-state index < -0.39 is 8.32 Å². The molecule has 0 aliphatic heterocycles. The monoisotopic (exact) mass is 439 g/mol. The van der Waals surface area contributed by atoms with Gasteiger partial charge in [-0.1, -0.05) is 46.8 Å². The van der Waals surface area contributed by atoms with E-state index in [4.69, 9.17) is 18.6 Å². The van der Waals surface area contributed by atoms with E-state index in [1.165, 1.54) is 0 Å². The lowest BCUT2D eigenvalue weighted by atomic mass is 10.2. The summed E-state index contributed by atoms with van der Waals surface area (Å²) in [4.78, 5) is 0. The first kappa shape index (κ1) is 27.1. The summed E-state index contributed by atoms with van der Waals surface area (Å²) in [5.74, 6) is 0.857. The van der Waals surface area contributed by atoms with Crippen LogP contribution in [0.25, 0.3) is 0 Å². The highest BCUT2D eigenvalue weighted by molar-refractivity contribution is 6.74. The van der Waals surface area contributed by atoms with Crippen LogP contribution in [-0.4, -0.2) is 52.9 Å². The number of hydrogen-bond donors (Lipinski definition) is 1. The molecule has 0 saturated carbocycles. The molecule has 5 nitrogen and oxygen atoms in total. The van der Waals surface area contributed by atoms with E-state index in [0.29, 0.717) is 32.5 Å². The van der Waals surface area contributed by atoms with Crippen LogP contribution in [0.1, 0.15) is 54.0 Å². The van der Waals surface area contributed by atoms with Crippen molar-refractivity contribution < 1.29 is 18.6 Å². The van der Waals surface area contributed by atoms with Crippen molar-refractivity contribution in [2.45, 2.75) is 91.5 Å². The van der Waals surface area contributed by atoms with E-state index >= 15 is 0 Å². The van der Waals surface area contributed by atoms with Crippen molar-refractivity contribution in [2.24, 2.45) is 0 Å². The predicted octanol–water partition coefficient (Wildman–Crippen LogP) is 5.40. The molecule has 0 amide bonds. The van der Waals surface area contributed by atoms with Crippen LogP contribution in [0.2, 0.25) is 18.1 Å². The Labute approximate surface area is 186 Å². The van der Waals surface area contributed by atoms with E-state index in [1.54, 1.807) is 0 Å². The number of hydrogen-bond acceptors (Lipinski definition) is 5. The van der Waals surface area contributed by atoms with Crippen LogP contribution < -0.4 is 10.1 Å². The zero-order valence-electron chi connectivity index (χ0n) is 20.7. The zero-order valence-corrected chi connectivity index (χ0v) is 21.7. The molecule has 30 heavy (non-hydrogen) atoms. The van der Waals surface area contributed by atoms with Crippen LogP contribution in [0.3, 0.4) is 0 Å². The smallest absolute Gasteiger partial charge is 0.192 e. The van der Waals surface area contributed by atoms with Crippen LogP contribution in [0.5, 0.6) is 5.75 Å². The standard InChI is InChI=1S/C24H45NO4Si/c1-19(2)25-16-23(29-30(8,9)24(5,6)7)18-28-22-12-10-21(11-13-22)17-26-14-15-27-20(3)4/h10-13,19-20,23,25H,14-18H2,1-9H3. The summed E-state index contributed by atoms with van der Waals surface area (Å²) in [6.45, 7) is 22.9. The summed E-state index contributed by atoms with van der Waals surface area (Å²) in [6, 6.07) is 8.52. The lowest BCUT2D eigenvalue weighted by Gasteiger charge is -2.39. The summed E-state index contributed by atoms with van der Waals surface area (Å²) in [7, 11) is -1.86. The molecule has 1 rings (SSSR count). The molecule has 6 heteroatoms. The van der Waals surface area contributed by atoms with Crippen LogP contribution >= 0.6 is 0 Å². The van der Waals surface area contributed by atoms with Crippen LogP contribution in [-0.2, 0) is 20.5 Å². The minimum atomic E-state index is -1.86. The molecular weight excluding hydrogens is 394 g/mol. The molecule has 0 saturated heterocycles. The Kier molecular flexibility index (Phi) is 11.6. The molecule has 0 aliphatic rings.